The lowest BCUT2D eigenvalue weighted by molar-refractivity contribution is -0.0268. The van der Waals surface area contributed by atoms with Crippen molar-refractivity contribution in [3.63, 3.8) is 0 Å². The Morgan fingerprint density at radius 3 is 2.58 bits per heavy atom. The molecule has 2 rings (SSSR count). The maximum absolute atomic E-state index is 10.2. The zero-order valence-electron chi connectivity index (χ0n) is 11.5. The Bertz CT molecular complexity index is 576. The summed E-state index contributed by atoms with van der Waals surface area (Å²) >= 11 is 3.58. The van der Waals surface area contributed by atoms with Crippen molar-refractivity contribution in [1.29, 1.82) is 0 Å². The lowest BCUT2D eigenvalue weighted by Crippen LogP contribution is -2.37. The second-order valence-corrected chi connectivity index (χ2v) is 6.19. The predicted molar refractivity (Wildman–Crippen MR) is 82.6 cm³/mol. The second kappa shape index (κ2) is 5.51. The first-order valence-electron chi connectivity index (χ1n) is 6.44. The molecule has 0 fully saturated rings. The number of aliphatic hydroxyl groups is 1. The van der Waals surface area contributed by atoms with Gasteiger partial charge in [-0.15, -0.1) is 0 Å². The topological polar surface area (TPSA) is 29.5 Å². The van der Waals surface area contributed by atoms with Gasteiger partial charge in [-0.3, -0.25) is 0 Å². The van der Waals surface area contributed by atoms with Gasteiger partial charge in [-0.05, 0) is 45.6 Å². The van der Waals surface area contributed by atoms with E-state index in [4.69, 9.17) is 4.74 Å². The van der Waals surface area contributed by atoms with E-state index < -0.39 is 5.60 Å². The van der Waals surface area contributed by atoms with Gasteiger partial charge in [0.05, 0.1) is 10.1 Å². The first kappa shape index (κ1) is 14.4. The molecule has 0 bridgehead atoms. The van der Waals surface area contributed by atoms with Crippen LogP contribution in [0.25, 0.3) is 10.8 Å². The van der Waals surface area contributed by atoms with Crippen LogP contribution in [0.4, 0.5) is 0 Å². The van der Waals surface area contributed by atoms with Gasteiger partial charge in [0, 0.05) is 0 Å². The van der Waals surface area contributed by atoms with E-state index in [2.05, 4.69) is 22.0 Å². The van der Waals surface area contributed by atoms with Crippen LogP contribution in [0, 0.1) is 5.92 Å². The molecule has 0 aromatic heterocycles. The monoisotopic (exact) mass is 322 g/mol. The standard InChI is InChI=1S/C16H19BrO2/c1-11(2)16(3,18)10-19-14-9-8-12-6-4-5-7-13(12)15(14)17/h4-9,11,18H,10H2,1-3H3. The molecule has 0 heterocycles. The van der Waals surface area contributed by atoms with E-state index in [1.54, 1.807) is 6.92 Å². The van der Waals surface area contributed by atoms with E-state index in [0.29, 0.717) is 0 Å². The SMILES string of the molecule is CC(C)C(C)(O)COc1ccc2ccccc2c1Br. The third kappa shape index (κ3) is 3.10. The van der Waals surface area contributed by atoms with Gasteiger partial charge in [-0.25, -0.2) is 0 Å². The fourth-order valence-corrected chi connectivity index (χ4v) is 2.32. The Balaban J connectivity index is 2.25. The van der Waals surface area contributed by atoms with Gasteiger partial charge in [-0.2, -0.15) is 0 Å². The minimum Gasteiger partial charge on any atom is -0.489 e. The molecule has 102 valence electrons. The molecule has 0 spiro atoms. The molecular weight excluding hydrogens is 304 g/mol. The van der Waals surface area contributed by atoms with Crippen LogP contribution < -0.4 is 4.74 Å². The Morgan fingerprint density at radius 1 is 1.21 bits per heavy atom. The highest BCUT2D eigenvalue weighted by Gasteiger charge is 2.26. The summed E-state index contributed by atoms with van der Waals surface area (Å²) in [6, 6.07) is 12.1. The summed E-state index contributed by atoms with van der Waals surface area (Å²) in [6.07, 6.45) is 0. The molecule has 0 radical (unpaired) electrons. The minimum absolute atomic E-state index is 0.145. The molecule has 1 unspecified atom stereocenters. The number of hydrogen-bond donors (Lipinski definition) is 1. The van der Waals surface area contributed by atoms with Gasteiger partial charge in [0.1, 0.15) is 12.4 Å². The summed E-state index contributed by atoms with van der Waals surface area (Å²) in [6.45, 7) is 6.05. The van der Waals surface area contributed by atoms with Crippen molar-refractivity contribution in [3.8, 4) is 5.75 Å². The van der Waals surface area contributed by atoms with Crippen LogP contribution in [0.15, 0.2) is 40.9 Å². The van der Waals surface area contributed by atoms with Gasteiger partial charge in [0.25, 0.3) is 0 Å². The largest absolute Gasteiger partial charge is 0.489 e. The minimum atomic E-state index is -0.828. The van der Waals surface area contributed by atoms with Crippen molar-refractivity contribution in [1.82, 2.24) is 0 Å². The number of fused-ring (bicyclic) bond motifs is 1. The van der Waals surface area contributed by atoms with E-state index in [-0.39, 0.29) is 12.5 Å². The zero-order chi connectivity index (χ0) is 14.0. The Hall–Kier alpha value is -1.06. The number of benzene rings is 2. The second-order valence-electron chi connectivity index (χ2n) is 5.40. The maximum atomic E-state index is 10.2. The van der Waals surface area contributed by atoms with Crippen molar-refractivity contribution in [2.75, 3.05) is 6.61 Å². The Labute approximate surface area is 122 Å². The Kier molecular flexibility index (Phi) is 4.16. The van der Waals surface area contributed by atoms with Crippen LogP contribution >= 0.6 is 15.9 Å². The zero-order valence-corrected chi connectivity index (χ0v) is 13.1. The van der Waals surface area contributed by atoms with Crippen molar-refractivity contribution in [2.45, 2.75) is 26.4 Å². The molecule has 0 aliphatic carbocycles. The summed E-state index contributed by atoms with van der Waals surface area (Å²) in [5.74, 6) is 0.909. The molecule has 0 amide bonds. The predicted octanol–water partition coefficient (Wildman–Crippen LogP) is 4.39. The van der Waals surface area contributed by atoms with E-state index in [0.717, 1.165) is 21.0 Å². The Morgan fingerprint density at radius 2 is 1.89 bits per heavy atom. The molecule has 1 atom stereocenters. The summed E-state index contributed by atoms with van der Waals surface area (Å²) in [4.78, 5) is 0. The van der Waals surface area contributed by atoms with Crippen molar-refractivity contribution >= 4 is 26.7 Å². The van der Waals surface area contributed by atoms with Crippen molar-refractivity contribution < 1.29 is 9.84 Å². The third-order valence-corrected chi connectivity index (χ3v) is 4.41. The fourth-order valence-electron chi connectivity index (χ4n) is 1.72. The van der Waals surface area contributed by atoms with Gasteiger partial charge in [0.15, 0.2) is 0 Å². The number of ether oxygens (including phenoxy) is 1. The van der Waals surface area contributed by atoms with Gasteiger partial charge < -0.3 is 9.84 Å². The molecule has 3 heteroatoms. The lowest BCUT2D eigenvalue weighted by Gasteiger charge is -2.27. The third-order valence-electron chi connectivity index (χ3n) is 3.59. The average molecular weight is 323 g/mol. The molecule has 2 aromatic carbocycles. The van der Waals surface area contributed by atoms with Crippen LogP contribution in [0.3, 0.4) is 0 Å². The molecule has 2 nitrogen and oxygen atoms in total. The summed E-state index contributed by atoms with van der Waals surface area (Å²) in [7, 11) is 0. The highest BCUT2D eigenvalue weighted by Crippen LogP contribution is 2.33. The van der Waals surface area contributed by atoms with Crippen LogP contribution in [0.1, 0.15) is 20.8 Å². The van der Waals surface area contributed by atoms with Crippen LogP contribution in [-0.2, 0) is 0 Å². The van der Waals surface area contributed by atoms with Crippen LogP contribution in [0.2, 0.25) is 0 Å². The van der Waals surface area contributed by atoms with Gasteiger partial charge >= 0.3 is 0 Å². The molecule has 0 saturated carbocycles. The van der Waals surface area contributed by atoms with E-state index >= 15 is 0 Å². The average Bonchev–Trinajstić information content (AvgIpc) is 2.38. The highest BCUT2D eigenvalue weighted by molar-refractivity contribution is 9.10. The first-order valence-corrected chi connectivity index (χ1v) is 7.23. The fraction of sp³-hybridized carbons (Fsp3) is 0.375. The molecule has 1 N–H and O–H groups in total. The van der Waals surface area contributed by atoms with Crippen LogP contribution in [-0.4, -0.2) is 17.3 Å². The quantitative estimate of drug-likeness (QED) is 0.904. The number of halogens is 1. The number of hydrogen-bond acceptors (Lipinski definition) is 2. The van der Waals surface area contributed by atoms with Crippen molar-refractivity contribution in [3.05, 3.63) is 40.9 Å². The highest BCUT2D eigenvalue weighted by atomic mass is 79.9. The van der Waals surface area contributed by atoms with E-state index in [1.165, 1.54) is 0 Å². The molecular formula is C16H19BrO2. The first-order chi connectivity index (χ1) is 8.92. The van der Waals surface area contributed by atoms with Crippen molar-refractivity contribution in [2.24, 2.45) is 5.92 Å². The maximum Gasteiger partial charge on any atom is 0.134 e. The molecule has 0 aliphatic rings. The molecule has 2 aromatic rings. The van der Waals surface area contributed by atoms with Gasteiger partial charge in [0.2, 0.25) is 0 Å². The molecule has 19 heavy (non-hydrogen) atoms. The van der Waals surface area contributed by atoms with Gasteiger partial charge in [-0.1, -0.05) is 44.2 Å². The molecule has 0 aliphatic heterocycles. The smallest absolute Gasteiger partial charge is 0.134 e. The molecule has 0 saturated heterocycles. The normalized spacial score (nSPS) is 14.6. The summed E-state index contributed by atoms with van der Waals surface area (Å²) in [5, 5.41) is 12.5. The summed E-state index contributed by atoms with van der Waals surface area (Å²) in [5.41, 5.74) is -0.828. The van der Waals surface area contributed by atoms with E-state index in [9.17, 15) is 5.11 Å². The number of rotatable bonds is 4. The lowest BCUT2D eigenvalue weighted by atomic mass is 9.94. The van der Waals surface area contributed by atoms with E-state index in [1.807, 2.05) is 44.2 Å². The van der Waals surface area contributed by atoms with Crippen LogP contribution in [0.5, 0.6) is 5.75 Å². The summed E-state index contributed by atoms with van der Waals surface area (Å²) < 4.78 is 6.71.